The molecule has 0 aromatic rings. The molecule has 3 amide bonds. The van der Waals surface area contributed by atoms with Crippen molar-refractivity contribution in [2.24, 2.45) is 0 Å². The van der Waals surface area contributed by atoms with Crippen molar-refractivity contribution in [1.29, 1.82) is 0 Å². The standard InChI is InChI=1S/C21H38N4O3/c1-21(2,3)28-20(27)25-13-5-4-8-18(25)16-22-19(26)24-14-9-17(10-15-24)23-11-6-7-12-23/h17-18H,4-16H2,1-3H3,(H,22,26). The highest BCUT2D eigenvalue weighted by Crippen LogP contribution is 2.22. The number of amides is 3. The zero-order valence-corrected chi connectivity index (χ0v) is 17.9. The van der Waals surface area contributed by atoms with Gasteiger partial charge in [0, 0.05) is 32.2 Å². The lowest BCUT2D eigenvalue weighted by molar-refractivity contribution is 0.00999. The molecule has 3 saturated heterocycles. The molecule has 1 atom stereocenters. The van der Waals surface area contributed by atoms with Crippen LogP contribution in [0.1, 0.15) is 65.7 Å². The maximum atomic E-state index is 12.6. The average molecular weight is 395 g/mol. The van der Waals surface area contributed by atoms with Crippen LogP contribution in [0, 0.1) is 0 Å². The third kappa shape index (κ3) is 5.75. The molecule has 1 unspecified atom stereocenters. The van der Waals surface area contributed by atoms with Crippen molar-refractivity contribution in [3.63, 3.8) is 0 Å². The Hall–Kier alpha value is -1.50. The fourth-order valence-electron chi connectivity index (χ4n) is 4.63. The third-order valence-electron chi connectivity index (χ3n) is 6.15. The zero-order valence-electron chi connectivity index (χ0n) is 17.9. The van der Waals surface area contributed by atoms with E-state index in [9.17, 15) is 9.59 Å². The first-order valence-corrected chi connectivity index (χ1v) is 11.1. The van der Waals surface area contributed by atoms with E-state index < -0.39 is 5.60 Å². The summed E-state index contributed by atoms with van der Waals surface area (Å²) >= 11 is 0. The maximum absolute atomic E-state index is 12.6. The minimum Gasteiger partial charge on any atom is -0.444 e. The Morgan fingerprint density at radius 2 is 1.57 bits per heavy atom. The molecule has 7 nitrogen and oxygen atoms in total. The van der Waals surface area contributed by atoms with Gasteiger partial charge in [-0.25, -0.2) is 9.59 Å². The van der Waals surface area contributed by atoms with Crippen LogP contribution in [-0.2, 0) is 4.74 Å². The summed E-state index contributed by atoms with van der Waals surface area (Å²) in [6.07, 6.45) is 7.50. The van der Waals surface area contributed by atoms with Crippen molar-refractivity contribution in [2.45, 2.75) is 83.4 Å². The van der Waals surface area contributed by atoms with Gasteiger partial charge in [-0.15, -0.1) is 0 Å². The normalized spacial score (nSPS) is 25.0. The van der Waals surface area contributed by atoms with Gasteiger partial charge in [-0.1, -0.05) is 0 Å². The maximum Gasteiger partial charge on any atom is 0.410 e. The van der Waals surface area contributed by atoms with Gasteiger partial charge < -0.3 is 24.8 Å². The van der Waals surface area contributed by atoms with Gasteiger partial charge in [-0.2, -0.15) is 0 Å². The number of hydrogen-bond acceptors (Lipinski definition) is 4. The second kappa shape index (κ2) is 9.33. The van der Waals surface area contributed by atoms with Gasteiger partial charge in [0.15, 0.2) is 0 Å². The molecule has 3 rings (SSSR count). The number of piperidine rings is 2. The Bertz CT molecular complexity index is 534. The SMILES string of the molecule is CC(C)(C)OC(=O)N1CCCCC1CNC(=O)N1CCC(N2CCCC2)CC1. The van der Waals surface area contributed by atoms with E-state index in [0.717, 1.165) is 45.2 Å². The first-order valence-electron chi connectivity index (χ1n) is 11.1. The molecule has 0 spiro atoms. The molecule has 0 saturated carbocycles. The largest absolute Gasteiger partial charge is 0.444 e. The van der Waals surface area contributed by atoms with Crippen LogP contribution in [0.5, 0.6) is 0 Å². The van der Waals surface area contributed by atoms with Crippen LogP contribution in [0.3, 0.4) is 0 Å². The summed E-state index contributed by atoms with van der Waals surface area (Å²) in [4.78, 5) is 31.5. The number of ether oxygens (including phenoxy) is 1. The quantitative estimate of drug-likeness (QED) is 0.799. The second-order valence-corrected chi connectivity index (χ2v) is 9.47. The predicted molar refractivity (Wildman–Crippen MR) is 109 cm³/mol. The third-order valence-corrected chi connectivity index (χ3v) is 6.15. The predicted octanol–water partition coefficient (Wildman–Crippen LogP) is 3.05. The summed E-state index contributed by atoms with van der Waals surface area (Å²) < 4.78 is 5.55. The van der Waals surface area contributed by atoms with E-state index >= 15 is 0 Å². The molecule has 0 radical (unpaired) electrons. The van der Waals surface area contributed by atoms with E-state index in [4.69, 9.17) is 4.74 Å². The van der Waals surface area contributed by atoms with Crippen LogP contribution >= 0.6 is 0 Å². The monoisotopic (exact) mass is 394 g/mol. The molecule has 28 heavy (non-hydrogen) atoms. The molecular weight excluding hydrogens is 356 g/mol. The molecule has 7 heteroatoms. The molecule has 0 aliphatic carbocycles. The number of likely N-dealkylation sites (tertiary alicyclic amines) is 3. The molecular formula is C21H38N4O3. The van der Waals surface area contributed by atoms with Gasteiger partial charge in [0.1, 0.15) is 5.60 Å². The first-order chi connectivity index (χ1) is 13.3. The van der Waals surface area contributed by atoms with E-state index in [1.54, 1.807) is 4.90 Å². The molecule has 3 aliphatic rings. The van der Waals surface area contributed by atoms with E-state index in [1.807, 2.05) is 25.7 Å². The van der Waals surface area contributed by atoms with Crippen molar-refractivity contribution in [3.05, 3.63) is 0 Å². The van der Waals surface area contributed by atoms with Crippen LogP contribution in [0.25, 0.3) is 0 Å². The number of nitrogens with one attached hydrogen (secondary N) is 1. The fraction of sp³-hybridized carbons (Fsp3) is 0.905. The molecule has 0 aromatic heterocycles. The summed E-state index contributed by atoms with van der Waals surface area (Å²) in [5.41, 5.74) is -0.498. The lowest BCUT2D eigenvalue weighted by Crippen LogP contribution is -2.54. The Balaban J connectivity index is 1.44. The number of hydrogen-bond donors (Lipinski definition) is 1. The van der Waals surface area contributed by atoms with Crippen molar-refractivity contribution in [2.75, 3.05) is 39.3 Å². The molecule has 1 N–H and O–H groups in total. The van der Waals surface area contributed by atoms with Crippen molar-refractivity contribution < 1.29 is 14.3 Å². The van der Waals surface area contributed by atoms with Gasteiger partial charge in [0.25, 0.3) is 0 Å². The summed E-state index contributed by atoms with van der Waals surface area (Å²) in [5.74, 6) is 0. The number of nitrogens with zero attached hydrogens (tertiary/aromatic N) is 3. The van der Waals surface area contributed by atoms with Crippen LogP contribution in [-0.4, -0.2) is 83.8 Å². The summed E-state index contributed by atoms with van der Waals surface area (Å²) in [7, 11) is 0. The van der Waals surface area contributed by atoms with Crippen molar-refractivity contribution in [3.8, 4) is 0 Å². The van der Waals surface area contributed by atoms with E-state index in [0.29, 0.717) is 19.1 Å². The van der Waals surface area contributed by atoms with Gasteiger partial charge in [0.05, 0.1) is 6.04 Å². The highest BCUT2D eigenvalue weighted by Gasteiger charge is 2.32. The van der Waals surface area contributed by atoms with Crippen molar-refractivity contribution in [1.82, 2.24) is 20.0 Å². The lowest BCUT2D eigenvalue weighted by atomic mass is 10.0. The first kappa shape index (κ1) is 21.2. The molecule has 3 aliphatic heterocycles. The number of carbonyl (C=O) groups excluding carboxylic acids is 2. The molecule has 0 aromatic carbocycles. The topological polar surface area (TPSA) is 65.1 Å². The van der Waals surface area contributed by atoms with Crippen molar-refractivity contribution >= 4 is 12.1 Å². The van der Waals surface area contributed by atoms with Gasteiger partial charge in [-0.05, 0) is 78.8 Å². The fourth-order valence-corrected chi connectivity index (χ4v) is 4.63. The molecule has 3 heterocycles. The van der Waals surface area contributed by atoms with E-state index in [-0.39, 0.29) is 18.2 Å². The Labute approximate surface area is 169 Å². The van der Waals surface area contributed by atoms with Crippen LogP contribution in [0.2, 0.25) is 0 Å². The average Bonchev–Trinajstić information content (AvgIpc) is 3.20. The highest BCUT2D eigenvalue weighted by molar-refractivity contribution is 5.74. The van der Waals surface area contributed by atoms with Crippen LogP contribution < -0.4 is 5.32 Å². The van der Waals surface area contributed by atoms with Gasteiger partial charge >= 0.3 is 12.1 Å². The second-order valence-electron chi connectivity index (χ2n) is 9.47. The number of rotatable bonds is 3. The zero-order chi connectivity index (χ0) is 20.1. The highest BCUT2D eigenvalue weighted by atomic mass is 16.6. The van der Waals surface area contributed by atoms with E-state index in [1.165, 1.54) is 25.9 Å². The number of urea groups is 1. The number of carbonyl (C=O) groups is 2. The molecule has 0 bridgehead atoms. The summed E-state index contributed by atoms with van der Waals surface area (Å²) in [6, 6.07) is 0.678. The minimum absolute atomic E-state index is 0.00887. The summed E-state index contributed by atoms with van der Waals surface area (Å²) in [5, 5.41) is 3.08. The van der Waals surface area contributed by atoms with Crippen LogP contribution in [0.4, 0.5) is 9.59 Å². The Kier molecular flexibility index (Phi) is 7.07. The molecule has 160 valence electrons. The smallest absolute Gasteiger partial charge is 0.410 e. The van der Waals surface area contributed by atoms with Crippen LogP contribution in [0.15, 0.2) is 0 Å². The summed E-state index contributed by atoms with van der Waals surface area (Å²) in [6.45, 7) is 11.0. The van der Waals surface area contributed by atoms with Gasteiger partial charge in [-0.3, -0.25) is 0 Å². The minimum atomic E-state index is -0.498. The van der Waals surface area contributed by atoms with Gasteiger partial charge in [0.2, 0.25) is 0 Å². The molecule has 3 fully saturated rings. The Morgan fingerprint density at radius 3 is 2.21 bits per heavy atom. The lowest BCUT2D eigenvalue weighted by Gasteiger charge is -2.38. The Morgan fingerprint density at radius 1 is 0.929 bits per heavy atom. The van der Waals surface area contributed by atoms with E-state index in [2.05, 4.69) is 10.2 Å².